The second-order valence-corrected chi connectivity index (χ2v) is 9.51. The zero-order valence-corrected chi connectivity index (χ0v) is 21.7. The number of aromatic hydroxyl groups is 1. The van der Waals surface area contributed by atoms with Gasteiger partial charge in [0.25, 0.3) is 5.91 Å². The molecule has 0 aliphatic carbocycles. The number of rotatable bonds is 7. The summed E-state index contributed by atoms with van der Waals surface area (Å²) in [5, 5.41) is 19.6. The number of carboxylic acids is 1. The van der Waals surface area contributed by atoms with Crippen LogP contribution in [-0.4, -0.2) is 46.4 Å². The van der Waals surface area contributed by atoms with Crippen molar-refractivity contribution in [2.24, 2.45) is 4.99 Å². The molecular weight excluding hydrogens is 548 g/mol. The molecule has 3 aromatic rings. The molecule has 0 atom stereocenters. The zero-order valence-electron chi connectivity index (χ0n) is 19.3. The fourth-order valence-corrected chi connectivity index (χ4v) is 4.84. The molecule has 1 aliphatic rings. The molecule has 1 heterocycles. The van der Waals surface area contributed by atoms with Crippen LogP contribution < -0.4 is 9.47 Å². The van der Waals surface area contributed by atoms with Gasteiger partial charge in [-0.15, -0.1) is 0 Å². The maximum Gasteiger partial charge on any atom is 0.335 e. The number of hydrogen-bond donors (Lipinski definition) is 2. The standard InChI is InChI=1S/C26H21BrN2O6S/c1-34-19-9-7-18(8-10-19)28-26-29(14-15-3-5-16(6-4-15)25(32)33)24(31)23(36-26)12-17-11-22(35-2)21(30)13-20(17)27/h3-13,30H,14H2,1-2H3,(H,32,33)/b23-12-,28-26?. The first-order valence-corrected chi connectivity index (χ1v) is 12.2. The lowest BCUT2D eigenvalue weighted by Crippen LogP contribution is -2.28. The molecule has 0 unspecified atom stereocenters. The minimum Gasteiger partial charge on any atom is -0.504 e. The molecule has 4 rings (SSSR count). The molecule has 184 valence electrons. The van der Waals surface area contributed by atoms with Crippen LogP contribution in [0.3, 0.4) is 0 Å². The minimum absolute atomic E-state index is 0.0230. The first kappa shape index (κ1) is 25.3. The van der Waals surface area contributed by atoms with E-state index in [2.05, 4.69) is 20.9 Å². The molecule has 0 aromatic heterocycles. The lowest BCUT2D eigenvalue weighted by molar-refractivity contribution is -0.122. The smallest absolute Gasteiger partial charge is 0.335 e. The molecule has 3 aromatic carbocycles. The average molecular weight is 569 g/mol. The fraction of sp³-hybridized carbons (Fsp3) is 0.115. The summed E-state index contributed by atoms with van der Waals surface area (Å²) in [6, 6.07) is 16.6. The number of phenolic OH excluding ortho intramolecular Hbond substituents is 1. The van der Waals surface area contributed by atoms with Crippen LogP contribution in [0.5, 0.6) is 17.2 Å². The van der Waals surface area contributed by atoms with E-state index < -0.39 is 5.97 Å². The predicted molar refractivity (Wildman–Crippen MR) is 142 cm³/mol. The number of phenols is 1. The Kier molecular flexibility index (Phi) is 7.66. The Morgan fingerprint density at radius 1 is 1.08 bits per heavy atom. The Morgan fingerprint density at radius 3 is 2.39 bits per heavy atom. The van der Waals surface area contributed by atoms with Crippen LogP contribution in [0.1, 0.15) is 21.5 Å². The molecule has 10 heteroatoms. The lowest BCUT2D eigenvalue weighted by Gasteiger charge is -2.16. The van der Waals surface area contributed by atoms with Gasteiger partial charge in [0.1, 0.15) is 5.75 Å². The molecule has 1 amide bonds. The van der Waals surface area contributed by atoms with E-state index in [1.54, 1.807) is 60.6 Å². The summed E-state index contributed by atoms with van der Waals surface area (Å²) >= 11 is 4.64. The van der Waals surface area contributed by atoms with Gasteiger partial charge in [-0.25, -0.2) is 9.79 Å². The van der Waals surface area contributed by atoms with E-state index in [9.17, 15) is 14.7 Å². The maximum absolute atomic E-state index is 13.5. The normalized spacial score (nSPS) is 15.5. The summed E-state index contributed by atoms with van der Waals surface area (Å²) in [6.07, 6.45) is 1.70. The summed E-state index contributed by atoms with van der Waals surface area (Å²) in [5.74, 6) is -0.325. The Morgan fingerprint density at radius 2 is 1.78 bits per heavy atom. The van der Waals surface area contributed by atoms with E-state index in [-0.39, 0.29) is 29.5 Å². The van der Waals surface area contributed by atoms with E-state index in [0.29, 0.717) is 31.5 Å². The molecule has 8 nitrogen and oxygen atoms in total. The van der Waals surface area contributed by atoms with Crippen molar-refractivity contribution in [2.45, 2.75) is 6.54 Å². The second kappa shape index (κ2) is 10.9. The number of aliphatic imine (C=N–C) groups is 1. The number of amides is 1. The van der Waals surface area contributed by atoms with Crippen LogP contribution >= 0.6 is 27.7 Å². The number of amidine groups is 1. The number of carbonyl (C=O) groups is 2. The monoisotopic (exact) mass is 568 g/mol. The van der Waals surface area contributed by atoms with E-state index in [4.69, 9.17) is 14.6 Å². The predicted octanol–water partition coefficient (Wildman–Crippen LogP) is 5.67. The maximum atomic E-state index is 13.5. The zero-order chi connectivity index (χ0) is 25.8. The lowest BCUT2D eigenvalue weighted by atomic mass is 10.1. The van der Waals surface area contributed by atoms with Gasteiger partial charge < -0.3 is 19.7 Å². The molecule has 0 bridgehead atoms. The van der Waals surface area contributed by atoms with Crippen molar-refractivity contribution in [1.82, 2.24) is 4.90 Å². The Bertz CT molecular complexity index is 1370. The van der Waals surface area contributed by atoms with Crippen LogP contribution in [0, 0.1) is 0 Å². The van der Waals surface area contributed by atoms with Crippen molar-refractivity contribution < 1.29 is 29.3 Å². The third kappa shape index (κ3) is 5.55. The van der Waals surface area contributed by atoms with Crippen molar-refractivity contribution in [3.05, 3.63) is 86.7 Å². The molecule has 36 heavy (non-hydrogen) atoms. The number of aromatic carboxylic acids is 1. The number of ether oxygens (including phenoxy) is 2. The number of carbonyl (C=O) groups excluding carboxylic acids is 1. The van der Waals surface area contributed by atoms with E-state index in [1.165, 1.54) is 37.1 Å². The number of methoxy groups -OCH3 is 2. The van der Waals surface area contributed by atoms with Crippen LogP contribution in [0.2, 0.25) is 0 Å². The van der Waals surface area contributed by atoms with Gasteiger partial charge in [0, 0.05) is 4.47 Å². The van der Waals surface area contributed by atoms with Crippen molar-refractivity contribution in [2.75, 3.05) is 14.2 Å². The first-order chi connectivity index (χ1) is 17.3. The van der Waals surface area contributed by atoms with Crippen molar-refractivity contribution in [3.8, 4) is 17.2 Å². The fourth-order valence-electron chi connectivity index (χ4n) is 3.41. The number of benzene rings is 3. The van der Waals surface area contributed by atoms with Crippen LogP contribution in [0.25, 0.3) is 6.08 Å². The quantitative estimate of drug-likeness (QED) is 0.353. The molecule has 0 saturated carbocycles. The van der Waals surface area contributed by atoms with Gasteiger partial charge in [-0.2, -0.15) is 0 Å². The number of nitrogens with zero attached hydrogens (tertiary/aromatic N) is 2. The minimum atomic E-state index is -1.02. The Labute approximate surface area is 220 Å². The Hall–Kier alpha value is -3.76. The third-order valence-electron chi connectivity index (χ3n) is 5.31. The van der Waals surface area contributed by atoms with Crippen LogP contribution in [0.4, 0.5) is 5.69 Å². The number of hydrogen-bond acceptors (Lipinski definition) is 7. The summed E-state index contributed by atoms with van der Waals surface area (Å²) in [5.41, 5.74) is 2.22. The highest BCUT2D eigenvalue weighted by Crippen LogP contribution is 2.39. The van der Waals surface area contributed by atoms with Crippen molar-refractivity contribution >= 4 is 56.5 Å². The molecule has 1 saturated heterocycles. The van der Waals surface area contributed by atoms with Crippen LogP contribution in [-0.2, 0) is 11.3 Å². The third-order valence-corrected chi connectivity index (χ3v) is 7.00. The van der Waals surface area contributed by atoms with Crippen molar-refractivity contribution in [3.63, 3.8) is 0 Å². The molecule has 1 fully saturated rings. The highest BCUT2D eigenvalue weighted by atomic mass is 79.9. The Balaban J connectivity index is 1.71. The number of carboxylic acid groups (broad SMARTS) is 1. The molecular formula is C26H21BrN2O6S. The van der Waals surface area contributed by atoms with Gasteiger partial charge in [0.15, 0.2) is 16.7 Å². The summed E-state index contributed by atoms with van der Waals surface area (Å²) in [6.45, 7) is 0.206. The topological polar surface area (TPSA) is 109 Å². The van der Waals surface area contributed by atoms with E-state index in [0.717, 1.165) is 5.56 Å². The molecule has 0 spiro atoms. The van der Waals surface area contributed by atoms with E-state index in [1.807, 2.05) is 0 Å². The SMILES string of the molecule is COc1ccc(N=C2S/C(=C\c3cc(OC)c(O)cc3Br)C(=O)N2Cc2ccc(C(=O)O)cc2)cc1. The van der Waals surface area contributed by atoms with Gasteiger partial charge >= 0.3 is 5.97 Å². The summed E-state index contributed by atoms with van der Waals surface area (Å²) in [7, 11) is 3.03. The largest absolute Gasteiger partial charge is 0.504 e. The van der Waals surface area contributed by atoms with Gasteiger partial charge in [-0.3, -0.25) is 9.69 Å². The van der Waals surface area contributed by atoms with E-state index >= 15 is 0 Å². The highest BCUT2D eigenvalue weighted by molar-refractivity contribution is 9.10. The molecule has 1 aliphatic heterocycles. The average Bonchev–Trinajstić information content (AvgIpc) is 3.15. The molecule has 0 radical (unpaired) electrons. The van der Waals surface area contributed by atoms with Gasteiger partial charge in [0.2, 0.25) is 0 Å². The number of halogens is 1. The second-order valence-electron chi connectivity index (χ2n) is 7.64. The molecule has 2 N–H and O–H groups in total. The first-order valence-electron chi connectivity index (χ1n) is 10.6. The summed E-state index contributed by atoms with van der Waals surface area (Å²) in [4.78, 5) is 31.3. The highest BCUT2D eigenvalue weighted by Gasteiger charge is 2.34. The van der Waals surface area contributed by atoms with Gasteiger partial charge in [-0.05, 0) is 77.5 Å². The van der Waals surface area contributed by atoms with Gasteiger partial charge in [0.05, 0.1) is 36.9 Å². The van der Waals surface area contributed by atoms with Gasteiger partial charge in [-0.1, -0.05) is 28.1 Å². The number of thioether (sulfide) groups is 1. The van der Waals surface area contributed by atoms with Crippen molar-refractivity contribution in [1.29, 1.82) is 0 Å². The summed E-state index contributed by atoms with van der Waals surface area (Å²) < 4.78 is 11.0. The van der Waals surface area contributed by atoms with Crippen LogP contribution in [0.15, 0.2) is 75.0 Å².